The van der Waals surface area contributed by atoms with Crippen LogP contribution in [0.5, 0.6) is 0 Å². The van der Waals surface area contributed by atoms with E-state index in [-0.39, 0.29) is 6.04 Å². The minimum absolute atomic E-state index is 0.153. The van der Waals surface area contributed by atoms with Gasteiger partial charge in [-0.15, -0.1) is 11.3 Å². The Bertz CT molecular complexity index is 463. The van der Waals surface area contributed by atoms with Crippen molar-refractivity contribution >= 4 is 39.7 Å². The fourth-order valence-electron chi connectivity index (χ4n) is 1.39. The van der Waals surface area contributed by atoms with Crippen LogP contribution in [0.25, 0.3) is 0 Å². The first kappa shape index (κ1) is 10.9. The molecule has 6 heteroatoms. The Morgan fingerprint density at radius 1 is 1.60 bits per heavy atom. The molecule has 2 rings (SSSR count). The van der Waals surface area contributed by atoms with Gasteiger partial charge in [0.1, 0.15) is 5.82 Å². The van der Waals surface area contributed by atoms with Crippen molar-refractivity contribution in [3.05, 3.63) is 25.8 Å². The van der Waals surface area contributed by atoms with Gasteiger partial charge in [0, 0.05) is 11.1 Å². The zero-order valence-electron chi connectivity index (χ0n) is 8.44. The highest BCUT2D eigenvalue weighted by Gasteiger charge is 2.16. The van der Waals surface area contributed by atoms with Crippen LogP contribution in [0, 0.1) is 10.5 Å². The Kier molecular flexibility index (Phi) is 2.96. The highest BCUT2D eigenvalue weighted by molar-refractivity contribution is 14.1. The molecule has 0 bridgehead atoms. The Morgan fingerprint density at radius 2 is 2.33 bits per heavy atom. The number of rotatable bonds is 2. The molecule has 80 valence electrons. The van der Waals surface area contributed by atoms with E-state index in [1.807, 2.05) is 23.3 Å². The maximum atomic E-state index is 5.99. The first-order chi connectivity index (χ1) is 7.11. The van der Waals surface area contributed by atoms with Crippen molar-refractivity contribution in [3.8, 4) is 0 Å². The molecule has 2 heterocycles. The van der Waals surface area contributed by atoms with Gasteiger partial charge in [-0.05, 0) is 36.4 Å². The van der Waals surface area contributed by atoms with E-state index < -0.39 is 0 Å². The molecule has 2 aromatic rings. The van der Waals surface area contributed by atoms with Gasteiger partial charge < -0.3 is 5.73 Å². The largest absolute Gasteiger partial charge is 0.383 e. The Morgan fingerprint density at radius 3 is 2.80 bits per heavy atom. The number of hydrogen-bond donors (Lipinski definition) is 1. The number of aryl methyl sites for hydroxylation is 1. The topological polar surface area (TPSA) is 56.7 Å². The zero-order valence-corrected chi connectivity index (χ0v) is 11.4. The molecule has 0 aliphatic carbocycles. The molecule has 0 aliphatic heterocycles. The lowest BCUT2D eigenvalue weighted by atomic mass is 10.3. The fourth-order valence-corrected chi connectivity index (χ4v) is 2.41. The molecule has 0 amide bonds. The Hall–Kier alpha value is -0.630. The first-order valence-electron chi connectivity index (χ1n) is 4.49. The van der Waals surface area contributed by atoms with Crippen LogP contribution in [0.1, 0.15) is 23.5 Å². The zero-order chi connectivity index (χ0) is 11.0. The van der Waals surface area contributed by atoms with Crippen molar-refractivity contribution in [1.29, 1.82) is 0 Å². The fraction of sp³-hybridized carbons (Fsp3) is 0.333. The van der Waals surface area contributed by atoms with E-state index in [1.165, 1.54) is 4.88 Å². The van der Waals surface area contributed by atoms with Crippen LogP contribution >= 0.6 is 33.9 Å². The summed E-state index contributed by atoms with van der Waals surface area (Å²) < 4.78 is 2.88. The predicted octanol–water partition coefficient (Wildman–Crippen LogP) is 2.44. The van der Waals surface area contributed by atoms with E-state index in [0.717, 1.165) is 15.1 Å². The van der Waals surface area contributed by atoms with E-state index in [2.05, 4.69) is 39.6 Å². The van der Waals surface area contributed by atoms with E-state index in [4.69, 9.17) is 5.73 Å². The molecule has 4 nitrogen and oxygen atoms in total. The lowest BCUT2D eigenvalue weighted by molar-refractivity contribution is 0.576. The molecule has 0 radical (unpaired) electrons. The third-order valence-electron chi connectivity index (χ3n) is 2.28. The SMILES string of the molecule is Cc1nn(C(C)c2cncs2)c(N)c1I. The second-order valence-corrected chi connectivity index (χ2v) is 5.31. The van der Waals surface area contributed by atoms with Crippen molar-refractivity contribution in [2.75, 3.05) is 5.73 Å². The van der Waals surface area contributed by atoms with E-state index >= 15 is 0 Å². The second-order valence-electron chi connectivity index (χ2n) is 3.31. The summed E-state index contributed by atoms with van der Waals surface area (Å²) in [5.41, 5.74) is 8.79. The van der Waals surface area contributed by atoms with Gasteiger partial charge in [-0.3, -0.25) is 4.98 Å². The molecule has 2 aromatic heterocycles. The van der Waals surface area contributed by atoms with Crippen LogP contribution in [0.15, 0.2) is 11.7 Å². The molecule has 0 aromatic carbocycles. The van der Waals surface area contributed by atoms with E-state index in [9.17, 15) is 0 Å². The van der Waals surface area contributed by atoms with Gasteiger partial charge >= 0.3 is 0 Å². The molecule has 1 unspecified atom stereocenters. The summed E-state index contributed by atoms with van der Waals surface area (Å²) in [4.78, 5) is 5.23. The van der Waals surface area contributed by atoms with Gasteiger partial charge in [-0.1, -0.05) is 0 Å². The number of aromatic nitrogens is 3. The summed E-state index contributed by atoms with van der Waals surface area (Å²) in [5, 5.41) is 4.43. The average Bonchev–Trinajstić information content (AvgIpc) is 2.82. The van der Waals surface area contributed by atoms with Gasteiger partial charge in [-0.25, -0.2) is 4.68 Å². The van der Waals surface area contributed by atoms with Crippen molar-refractivity contribution in [2.45, 2.75) is 19.9 Å². The van der Waals surface area contributed by atoms with Gasteiger partial charge in [0.2, 0.25) is 0 Å². The number of nitrogen functional groups attached to an aromatic ring is 1. The quantitative estimate of drug-likeness (QED) is 0.859. The van der Waals surface area contributed by atoms with Crippen LogP contribution in [0.3, 0.4) is 0 Å². The Labute approximate surface area is 106 Å². The van der Waals surface area contributed by atoms with Gasteiger partial charge in [0.25, 0.3) is 0 Å². The number of hydrogen-bond acceptors (Lipinski definition) is 4. The number of nitrogens with two attached hydrogens (primary N) is 1. The summed E-state index contributed by atoms with van der Waals surface area (Å²) in [7, 11) is 0. The average molecular weight is 334 g/mol. The smallest absolute Gasteiger partial charge is 0.136 e. The number of nitrogens with zero attached hydrogens (tertiary/aromatic N) is 3. The van der Waals surface area contributed by atoms with Crippen LogP contribution in [-0.4, -0.2) is 14.8 Å². The van der Waals surface area contributed by atoms with Crippen molar-refractivity contribution in [2.24, 2.45) is 0 Å². The minimum atomic E-state index is 0.153. The van der Waals surface area contributed by atoms with Crippen LogP contribution in [0.2, 0.25) is 0 Å². The third kappa shape index (κ3) is 1.87. The molecule has 2 N–H and O–H groups in total. The summed E-state index contributed by atoms with van der Waals surface area (Å²) in [6.45, 7) is 4.04. The normalized spacial score (nSPS) is 13.0. The summed E-state index contributed by atoms with van der Waals surface area (Å²) >= 11 is 3.84. The Balaban J connectivity index is 2.42. The van der Waals surface area contributed by atoms with Crippen molar-refractivity contribution in [3.63, 3.8) is 0 Å². The van der Waals surface area contributed by atoms with Crippen LogP contribution in [0.4, 0.5) is 5.82 Å². The van der Waals surface area contributed by atoms with E-state index in [1.54, 1.807) is 11.3 Å². The maximum Gasteiger partial charge on any atom is 0.136 e. The molecule has 15 heavy (non-hydrogen) atoms. The van der Waals surface area contributed by atoms with Crippen LogP contribution in [-0.2, 0) is 0 Å². The van der Waals surface area contributed by atoms with E-state index in [0.29, 0.717) is 0 Å². The number of anilines is 1. The molecule has 0 spiro atoms. The molecular weight excluding hydrogens is 323 g/mol. The van der Waals surface area contributed by atoms with Gasteiger partial charge in [0.05, 0.1) is 20.8 Å². The second kappa shape index (κ2) is 4.09. The lowest BCUT2D eigenvalue weighted by Crippen LogP contribution is -2.10. The standard InChI is InChI=1S/C9H11IN4S/c1-5-8(10)9(11)14(13-5)6(2)7-3-12-4-15-7/h3-4,6H,11H2,1-2H3. The molecule has 1 atom stereocenters. The van der Waals surface area contributed by atoms with Crippen LogP contribution < -0.4 is 5.73 Å². The number of thiazole rings is 1. The molecular formula is C9H11IN4S. The van der Waals surface area contributed by atoms with Crippen molar-refractivity contribution in [1.82, 2.24) is 14.8 Å². The number of halogens is 1. The monoisotopic (exact) mass is 334 g/mol. The highest BCUT2D eigenvalue weighted by Crippen LogP contribution is 2.27. The maximum absolute atomic E-state index is 5.99. The molecule has 0 saturated carbocycles. The molecule has 0 fully saturated rings. The van der Waals surface area contributed by atoms with Crippen molar-refractivity contribution < 1.29 is 0 Å². The third-order valence-corrected chi connectivity index (χ3v) is 4.56. The predicted molar refractivity (Wildman–Crippen MR) is 70.0 cm³/mol. The van der Waals surface area contributed by atoms with Gasteiger partial charge in [0.15, 0.2) is 0 Å². The summed E-state index contributed by atoms with van der Waals surface area (Å²) in [6, 6.07) is 0.153. The highest BCUT2D eigenvalue weighted by atomic mass is 127. The first-order valence-corrected chi connectivity index (χ1v) is 6.45. The lowest BCUT2D eigenvalue weighted by Gasteiger charge is -2.11. The molecule has 0 saturated heterocycles. The summed E-state index contributed by atoms with van der Waals surface area (Å²) in [5.74, 6) is 0.731. The minimum Gasteiger partial charge on any atom is -0.383 e. The summed E-state index contributed by atoms with van der Waals surface area (Å²) in [6.07, 6.45) is 1.86. The molecule has 0 aliphatic rings. The van der Waals surface area contributed by atoms with Gasteiger partial charge in [-0.2, -0.15) is 5.10 Å².